The molecule has 18 heavy (non-hydrogen) atoms. The van der Waals surface area contributed by atoms with Crippen LogP contribution in [0.3, 0.4) is 0 Å². The van der Waals surface area contributed by atoms with Crippen LogP contribution in [-0.2, 0) is 6.18 Å². The zero-order chi connectivity index (χ0) is 14.1. The van der Waals surface area contributed by atoms with Crippen molar-refractivity contribution < 1.29 is 31.6 Å². The van der Waals surface area contributed by atoms with Crippen LogP contribution in [-0.4, -0.2) is 17.0 Å². The molecule has 0 amide bonds. The van der Waals surface area contributed by atoms with Crippen LogP contribution in [0.25, 0.3) is 0 Å². The average Bonchev–Trinajstić information content (AvgIpc) is 2.25. The van der Waals surface area contributed by atoms with E-state index in [9.17, 15) is 32.1 Å². The van der Waals surface area contributed by atoms with E-state index >= 15 is 0 Å². The van der Waals surface area contributed by atoms with Crippen molar-refractivity contribution in [2.75, 3.05) is 7.11 Å². The zero-order valence-corrected chi connectivity index (χ0v) is 8.66. The first-order chi connectivity index (χ1) is 8.20. The summed E-state index contributed by atoms with van der Waals surface area (Å²) in [4.78, 5) is 11.8. The van der Waals surface area contributed by atoms with Crippen molar-refractivity contribution in [3.63, 3.8) is 0 Å². The first-order valence-corrected chi connectivity index (χ1v) is 4.26. The van der Waals surface area contributed by atoms with E-state index in [0.29, 0.717) is 0 Å². The van der Waals surface area contributed by atoms with Gasteiger partial charge in [-0.1, -0.05) is 0 Å². The molecule has 0 bridgehead atoms. The Morgan fingerprint density at radius 2 is 2.00 bits per heavy atom. The van der Waals surface area contributed by atoms with Gasteiger partial charge >= 0.3 is 11.9 Å². The average molecular weight is 272 g/mol. The number of methoxy groups -OCH3 is 1. The zero-order valence-electron chi connectivity index (χ0n) is 8.66. The van der Waals surface area contributed by atoms with Crippen molar-refractivity contribution in [2.24, 2.45) is 0 Å². The third kappa shape index (κ3) is 2.46. The molecule has 0 fully saturated rings. The Balaban J connectivity index is 3.64. The van der Waals surface area contributed by atoms with E-state index in [1.54, 1.807) is 0 Å². The number of nitro groups is 1. The lowest BCUT2D eigenvalue weighted by Crippen LogP contribution is -2.14. The molecule has 0 saturated carbocycles. The van der Waals surface area contributed by atoms with Gasteiger partial charge in [0.15, 0.2) is 0 Å². The topological polar surface area (TPSA) is 65.3 Å². The van der Waals surface area contributed by atoms with Crippen LogP contribution < -0.4 is 4.74 Å². The summed E-state index contributed by atoms with van der Waals surface area (Å²) in [6.45, 7) is 0. The highest BCUT2D eigenvalue weighted by Crippen LogP contribution is 2.43. The molecule has 5 nitrogen and oxygen atoms in total. The summed E-state index contributed by atoms with van der Waals surface area (Å²) in [7, 11) is 0.758. The van der Waals surface area contributed by atoms with Gasteiger partial charge in [0.05, 0.1) is 17.6 Å². The fourth-order valence-electron chi connectivity index (χ4n) is 1.24. The molecule has 1 heterocycles. The van der Waals surface area contributed by atoms with E-state index in [2.05, 4.69) is 9.72 Å². The van der Waals surface area contributed by atoms with Crippen LogP contribution in [0.4, 0.5) is 27.6 Å². The summed E-state index contributed by atoms with van der Waals surface area (Å²) in [6.07, 6.45) is -8.18. The van der Waals surface area contributed by atoms with E-state index < -0.39 is 40.2 Å². The summed E-state index contributed by atoms with van der Waals surface area (Å²) < 4.78 is 66.5. The maximum absolute atomic E-state index is 12.5. The first-order valence-electron chi connectivity index (χ1n) is 4.26. The molecule has 1 aromatic rings. The summed E-state index contributed by atoms with van der Waals surface area (Å²) in [6, 6.07) is 0. The van der Waals surface area contributed by atoms with Crippen LogP contribution in [0.1, 0.15) is 17.7 Å². The number of hydrogen-bond donors (Lipinski definition) is 0. The Labute approximate surface area is 96.3 Å². The quantitative estimate of drug-likeness (QED) is 0.482. The number of halogens is 5. The van der Waals surface area contributed by atoms with E-state index in [0.717, 1.165) is 7.11 Å². The number of ether oxygens (including phenoxy) is 1. The molecule has 0 aliphatic carbocycles. The molecule has 0 spiro atoms. The van der Waals surface area contributed by atoms with Crippen molar-refractivity contribution in [1.82, 2.24) is 4.98 Å². The molecule has 0 aromatic carbocycles. The maximum Gasteiger partial charge on any atom is 0.440 e. The lowest BCUT2D eigenvalue weighted by Gasteiger charge is -2.12. The molecule has 10 heteroatoms. The summed E-state index contributed by atoms with van der Waals surface area (Å²) in [5, 5.41) is 10.6. The fraction of sp³-hybridized carbons (Fsp3) is 0.375. The summed E-state index contributed by atoms with van der Waals surface area (Å²) in [5.74, 6) is -1.14. The molecule has 1 rings (SSSR count). The molecule has 0 N–H and O–H groups in total. The Morgan fingerprint density at radius 3 is 2.33 bits per heavy atom. The number of pyridine rings is 1. The molecule has 1 aromatic heterocycles. The van der Waals surface area contributed by atoms with Crippen LogP contribution in [0.5, 0.6) is 5.75 Å². The minimum Gasteiger partial charge on any atom is -0.490 e. The number of aromatic nitrogens is 1. The smallest absolute Gasteiger partial charge is 0.440 e. The van der Waals surface area contributed by atoms with Crippen molar-refractivity contribution in [3.05, 3.63) is 27.6 Å². The highest BCUT2D eigenvalue weighted by molar-refractivity contribution is 5.55. The van der Waals surface area contributed by atoms with E-state index in [4.69, 9.17) is 0 Å². The minimum atomic E-state index is -5.14. The molecule has 0 saturated heterocycles. The van der Waals surface area contributed by atoms with Crippen LogP contribution in [0.2, 0.25) is 0 Å². The highest BCUT2D eigenvalue weighted by Gasteiger charge is 2.44. The molecule has 0 unspecified atom stereocenters. The van der Waals surface area contributed by atoms with Crippen molar-refractivity contribution in [2.45, 2.75) is 12.6 Å². The van der Waals surface area contributed by atoms with Gasteiger partial charge in [0.1, 0.15) is 0 Å². The Hall–Kier alpha value is -2.00. The Kier molecular flexibility index (Phi) is 3.67. The summed E-state index contributed by atoms with van der Waals surface area (Å²) in [5.41, 5.74) is -4.58. The van der Waals surface area contributed by atoms with Crippen molar-refractivity contribution in [3.8, 4) is 5.75 Å². The van der Waals surface area contributed by atoms with Gasteiger partial charge in [-0.25, -0.2) is 13.8 Å². The van der Waals surface area contributed by atoms with Crippen molar-refractivity contribution >= 4 is 5.69 Å². The number of hydrogen-bond acceptors (Lipinski definition) is 4. The van der Waals surface area contributed by atoms with Crippen LogP contribution in [0, 0.1) is 10.1 Å². The predicted octanol–water partition coefficient (Wildman–Crippen LogP) is 2.95. The van der Waals surface area contributed by atoms with E-state index in [1.807, 2.05) is 0 Å². The molecular formula is C8H5F5N2O3. The van der Waals surface area contributed by atoms with E-state index in [-0.39, 0.29) is 6.20 Å². The van der Waals surface area contributed by atoms with Gasteiger partial charge in [-0.05, 0) is 0 Å². The summed E-state index contributed by atoms with van der Waals surface area (Å²) >= 11 is 0. The van der Waals surface area contributed by atoms with Gasteiger partial charge in [-0.15, -0.1) is 0 Å². The second kappa shape index (κ2) is 4.70. The minimum absolute atomic E-state index is 0.208. The van der Waals surface area contributed by atoms with Gasteiger partial charge in [-0.2, -0.15) is 13.2 Å². The molecule has 0 aliphatic heterocycles. The second-order valence-electron chi connectivity index (χ2n) is 3.00. The number of rotatable bonds is 3. The molecule has 0 radical (unpaired) electrons. The normalized spacial score (nSPS) is 11.7. The number of nitrogens with zero attached hydrogens (tertiary/aromatic N) is 2. The Bertz CT molecular complexity index is 475. The molecule has 100 valence electrons. The van der Waals surface area contributed by atoms with Gasteiger partial charge in [-0.3, -0.25) is 10.1 Å². The molecule has 0 aliphatic rings. The maximum atomic E-state index is 12.5. The third-order valence-corrected chi connectivity index (χ3v) is 1.92. The lowest BCUT2D eigenvalue weighted by atomic mass is 10.2. The number of alkyl halides is 5. The van der Waals surface area contributed by atoms with E-state index in [1.165, 1.54) is 0 Å². The van der Waals surface area contributed by atoms with Gasteiger partial charge in [0.2, 0.25) is 11.4 Å². The SMILES string of the molecule is COc1c(C(F)F)cnc(C(F)(F)F)c1[N+](=O)[O-]. The monoisotopic (exact) mass is 272 g/mol. The van der Waals surface area contributed by atoms with Crippen molar-refractivity contribution in [1.29, 1.82) is 0 Å². The second-order valence-corrected chi connectivity index (χ2v) is 3.00. The van der Waals surface area contributed by atoms with Gasteiger partial charge in [0.25, 0.3) is 6.43 Å². The Morgan fingerprint density at radius 1 is 1.44 bits per heavy atom. The molecular weight excluding hydrogens is 267 g/mol. The first kappa shape index (κ1) is 14.1. The van der Waals surface area contributed by atoms with Gasteiger partial charge < -0.3 is 4.74 Å². The fourth-order valence-corrected chi connectivity index (χ4v) is 1.24. The molecule has 0 atom stereocenters. The third-order valence-electron chi connectivity index (χ3n) is 1.92. The van der Waals surface area contributed by atoms with Crippen LogP contribution in [0.15, 0.2) is 6.20 Å². The van der Waals surface area contributed by atoms with Crippen LogP contribution >= 0.6 is 0 Å². The van der Waals surface area contributed by atoms with Gasteiger partial charge in [0, 0.05) is 6.20 Å². The standard InChI is InChI=1S/C8H5F5N2O3/c1-18-5-3(7(9)10)2-14-6(8(11,12)13)4(5)15(16)17/h2,7H,1H3. The largest absolute Gasteiger partial charge is 0.490 e. The highest BCUT2D eigenvalue weighted by atomic mass is 19.4. The lowest BCUT2D eigenvalue weighted by molar-refractivity contribution is -0.389. The predicted molar refractivity (Wildman–Crippen MR) is 47.4 cm³/mol.